The maximum absolute atomic E-state index is 6.11. The number of aryl methyl sites for hydroxylation is 1. The standard InChI is InChI=1S/C12H15BrClNO/c1-8-6-9(13)7-11(14)12(8)16-5-4-15-10-2-3-10/h6-7,10,15H,2-5H2,1H3. The quantitative estimate of drug-likeness (QED) is 0.840. The van der Waals surface area contributed by atoms with Crippen LogP contribution in [0.15, 0.2) is 16.6 Å². The third-order valence-corrected chi connectivity index (χ3v) is 3.29. The van der Waals surface area contributed by atoms with Crippen molar-refractivity contribution in [2.45, 2.75) is 25.8 Å². The lowest BCUT2D eigenvalue weighted by Gasteiger charge is -2.11. The van der Waals surface area contributed by atoms with Crippen LogP contribution in [0.4, 0.5) is 0 Å². The highest BCUT2D eigenvalue weighted by Gasteiger charge is 2.19. The lowest BCUT2D eigenvalue weighted by atomic mass is 10.2. The van der Waals surface area contributed by atoms with Gasteiger partial charge in [0.1, 0.15) is 12.4 Å². The smallest absolute Gasteiger partial charge is 0.140 e. The van der Waals surface area contributed by atoms with Crippen molar-refractivity contribution in [3.63, 3.8) is 0 Å². The summed E-state index contributed by atoms with van der Waals surface area (Å²) in [6, 6.07) is 4.60. The molecule has 1 saturated carbocycles. The summed E-state index contributed by atoms with van der Waals surface area (Å²) in [4.78, 5) is 0. The zero-order valence-electron chi connectivity index (χ0n) is 9.22. The summed E-state index contributed by atoms with van der Waals surface area (Å²) in [6.45, 7) is 3.55. The van der Waals surface area contributed by atoms with Crippen molar-refractivity contribution in [2.75, 3.05) is 13.2 Å². The van der Waals surface area contributed by atoms with E-state index < -0.39 is 0 Å². The molecule has 0 saturated heterocycles. The van der Waals surface area contributed by atoms with Gasteiger partial charge in [-0.25, -0.2) is 0 Å². The van der Waals surface area contributed by atoms with Crippen LogP contribution in [-0.4, -0.2) is 19.2 Å². The molecule has 0 spiro atoms. The van der Waals surface area contributed by atoms with Gasteiger partial charge in [0, 0.05) is 17.1 Å². The van der Waals surface area contributed by atoms with E-state index in [4.69, 9.17) is 16.3 Å². The highest BCUT2D eigenvalue weighted by atomic mass is 79.9. The van der Waals surface area contributed by atoms with Crippen LogP contribution in [0, 0.1) is 6.92 Å². The molecule has 1 fully saturated rings. The molecule has 0 unspecified atom stereocenters. The minimum Gasteiger partial charge on any atom is -0.490 e. The Morgan fingerprint density at radius 2 is 2.25 bits per heavy atom. The molecule has 0 amide bonds. The Morgan fingerprint density at radius 3 is 2.88 bits per heavy atom. The highest BCUT2D eigenvalue weighted by molar-refractivity contribution is 9.10. The van der Waals surface area contributed by atoms with Crippen molar-refractivity contribution in [2.24, 2.45) is 0 Å². The summed E-state index contributed by atoms with van der Waals surface area (Å²) < 4.78 is 6.67. The Morgan fingerprint density at radius 1 is 1.50 bits per heavy atom. The Hall–Kier alpha value is -0.250. The first kappa shape index (κ1) is 12.2. The number of benzene rings is 1. The van der Waals surface area contributed by atoms with E-state index in [1.165, 1.54) is 12.8 Å². The van der Waals surface area contributed by atoms with Crippen LogP contribution in [-0.2, 0) is 0 Å². The van der Waals surface area contributed by atoms with Gasteiger partial charge in [0.05, 0.1) is 5.02 Å². The van der Waals surface area contributed by atoms with E-state index in [2.05, 4.69) is 21.2 Å². The molecule has 0 radical (unpaired) electrons. The molecule has 88 valence electrons. The molecule has 0 atom stereocenters. The zero-order valence-corrected chi connectivity index (χ0v) is 11.6. The Bertz CT molecular complexity index is 356. The molecule has 0 aromatic heterocycles. The number of rotatable bonds is 5. The maximum atomic E-state index is 6.11. The van der Waals surface area contributed by atoms with Crippen molar-refractivity contribution in [3.8, 4) is 5.75 Å². The summed E-state index contributed by atoms with van der Waals surface area (Å²) in [5.41, 5.74) is 1.06. The molecule has 4 heteroatoms. The fourth-order valence-corrected chi connectivity index (χ4v) is 2.60. The summed E-state index contributed by atoms with van der Waals surface area (Å²) in [7, 11) is 0. The lowest BCUT2D eigenvalue weighted by molar-refractivity contribution is 0.311. The van der Waals surface area contributed by atoms with E-state index in [1.54, 1.807) is 0 Å². The topological polar surface area (TPSA) is 21.3 Å². The number of hydrogen-bond acceptors (Lipinski definition) is 2. The Kier molecular flexibility index (Phi) is 4.11. The fraction of sp³-hybridized carbons (Fsp3) is 0.500. The fourth-order valence-electron chi connectivity index (χ4n) is 1.58. The van der Waals surface area contributed by atoms with E-state index in [-0.39, 0.29) is 0 Å². The molecule has 16 heavy (non-hydrogen) atoms. The van der Waals surface area contributed by atoms with Crippen molar-refractivity contribution in [1.82, 2.24) is 5.32 Å². The third kappa shape index (κ3) is 3.37. The normalized spacial score (nSPS) is 15.2. The second-order valence-corrected chi connectivity index (χ2v) is 5.43. The Balaban J connectivity index is 1.87. The second kappa shape index (κ2) is 5.39. The summed E-state index contributed by atoms with van der Waals surface area (Å²) in [5.74, 6) is 0.794. The number of halogens is 2. The molecule has 0 bridgehead atoms. The van der Waals surface area contributed by atoms with Crippen LogP contribution < -0.4 is 10.1 Å². The van der Waals surface area contributed by atoms with Crippen LogP contribution in [0.1, 0.15) is 18.4 Å². The van der Waals surface area contributed by atoms with E-state index in [0.29, 0.717) is 11.6 Å². The molecule has 0 aliphatic heterocycles. The van der Waals surface area contributed by atoms with Gasteiger partial charge in [-0.05, 0) is 37.5 Å². The maximum Gasteiger partial charge on any atom is 0.140 e. The summed E-state index contributed by atoms with van der Waals surface area (Å²) in [6.07, 6.45) is 2.61. The summed E-state index contributed by atoms with van der Waals surface area (Å²) >= 11 is 9.52. The number of ether oxygens (including phenoxy) is 1. The molecule has 0 heterocycles. The van der Waals surface area contributed by atoms with E-state index in [0.717, 1.165) is 28.4 Å². The van der Waals surface area contributed by atoms with Gasteiger partial charge in [0.2, 0.25) is 0 Å². The third-order valence-electron chi connectivity index (χ3n) is 2.55. The van der Waals surface area contributed by atoms with Gasteiger partial charge in [0.25, 0.3) is 0 Å². The number of hydrogen-bond donors (Lipinski definition) is 1. The molecule has 1 aromatic carbocycles. The molecule has 1 aliphatic carbocycles. The van der Waals surface area contributed by atoms with Crippen molar-refractivity contribution in [1.29, 1.82) is 0 Å². The average molecular weight is 305 g/mol. The van der Waals surface area contributed by atoms with Crippen molar-refractivity contribution < 1.29 is 4.74 Å². The zero-order chi connectivity index (χ0) is 11.5. The summed E-state index contributed by atoms with van der Waals surface area (Å²) in [5, 5.41) is 4.06. The van der Waals surface area contributed by atoms with E-state index in [1.807, 2.05) is 19.1 Å². The van der Waals surface area contributed by atoms with Gasteiger partial charge in [-0.2, -0.15) is 0 Å². The molecule has 2 nitrogen and oxygen atoms in total. The van der Waals surface area contributed by atoms with Crippen LogP contribution in [0.2, 0.25) is 5.02 Å². The van der Waals surface area contributed by atoms with Crippen LogP contribution in [0.5, 0.6) is 5.75 Å². The lowest BCUT2D eigenvalue weighted by Crippen LogP contribution is -2.23. The van der Waals surface area contributed by atoms with Gasteiger partial charge >= 0.3 is 0 Å². The first-order chi connectivity index (χ1) is 7.66. The molecule has 1 N–H and O–H groups in total. The largest absolute Gasteiger partial charge is 0.490 e. The van der Waals surface area contributed by atoms with E-state index >= 15 is 0 Å². The number of nitrogens with one attached hydrogen (secondary N) is 1. The van der Waals surface area contributed by atoms with E-state index in [9.17, 15) is 0 Å². The van der Waals surface area contributed by atoms with Crippen LogP contribution in [0.3, 0.4) is 0 Å². The molecule has 1 aliphatic rings. The van der Waals surface area contributed by atoms with Crippen LogP contribution in [0.25, 0.3) is 0 Å². The second-order valence-electron chi connectivity index (χ2n) is 4.11. The Labute approximate surface area is 109 Å². The van der Waals surface area contributed by atoms with Gasteiger partial charge < -0.3 is 10.1 Å². The SMILES string of the molecule is Cc1cc(Br)cc(Cl)c1OCCNC1CC1. The van der Waals surface area contributed by atoms with Gasteiger partial charge in [-0.15, -0.1) is 0 Å². The van der Waals surface area contributed by atoms with Gasteiger partial charge in [-0.1, -0.05) is 27.5 Å². The molecular weight excluding hydrogens is 289 g/mol. The first-order valence-electron chi connectivity index (χ1n) is 5.48. The first-order valence-corrected chi connectivity index (χ1v) is 6.66. The highest BCUT2D eigenvalue weighted by Crippen LogP contribution is 2.31. The molecular formula is C12H15BrClNO. The van der Waals surface area contributed by atoms with Crippen molar-refractivity contribution in [3.05, 3.63) is 27.2 Å². The molecule has 1 aromatic rings. The minimum absolute atomic E-state index is 0.665. The van der Waals surface area contributed by atoms with Crippen LogP contribution >= 0.6 is 27.5 Å². The predicted octanol–water partition coefficient (Wildman–Crippen LogP) is 3.54. The minimum atomic E-state index is 0.665. The average Bonchev–Trinajstić information content (AvgIpc) is 2.98. The van der Waals surface area contributed by atoms with Crippen molar-refractivity contribution >= 4 is 27.5 Å². The molecule has 2 rings (SSSR count). The monoisotopic (exact) mass is 303 g/mol. The van der Waals surface area contributed by atoms with Gasteiger partial charge in [0.15, 0.2) is 0 Å². The predicted molar refractivity (Wildman–Crippen MR) is 70.4 cm³/mol. The van der Waals surface area contributed by atoms with Gasteiger partial charge in [-0.3, -0.25) is 0 Å².